The maximum Gasteiger partial charge on any atom is 0.242 e. The van der Waals surface area contributed by atoms with E-state index in [4.69, 9.17) is 0 Å². The Labute approximate surface area is 158 Å². The number of sulfonamides is 1. The normalized spacial score (nSPS) is 18.5. The molecular formula is C18H28N2O4S2. The molecule has 26 heavy (non-hydrogen) atoms. The lowest BCUT2D eigenvalue weighted by atomic mass is 9.95. The van der Waals surface area contributed by atoms with E-state index in [0.29, 0.717) is 5.56 Å². The van der Waals surface area contributed by atoms with Crippen molar-refractivity contribution in [3.05, 3.63) is 29.8 Å². The molecule has 2 unspecified atom stereocenters. The Balaban J connectivity index is 2.01. The zero-order valence-electron chi connectivity index (χ0n) is 15.6. The fourth-order valence-electron chi connectivity index (χ4n) is 2.98. The van der Waals surface area contributed by atoms with Crippen LogP contribution in [0.3, 0.4) is 0 Å². The van der Waals surface area contributed by atoms with Crippen molar-refractivity contribution in [1.29, 1.82) is 0 Å². The molecule has 1 aliphatic carbocycles. The summed E-state index contributed by atoms with van der Waals surface area (Å²) in [7, 11) is -2.01. The number of hydrogen-bond acceptors (Lipinski definition) is 4. The molecule has 1 saturated carbocycles. The van der Waals surface area contributed by atoms with Gasteiger partial charge in [0.2, 0.25) is 15.9 Å². The average Bonchev–Trinajstić information content (AvgIpc) is 2.61. The number of nitrogens with zero attached hydrogens (tertiary/aromatic N) is 1. The van der Waals surface area contributed by atoms with Crippen LogP contribution in [0, 0.1) is 0 Å². The highest BCUT2D eigenvalue weighted by atomic mass is 32.2. The summed E-state index contributed by atoms with van der Waals surface area (Å²) in [6.07, 6.45) is 5.41. The third-order valence-electron chi connectivity index (χ3n) is 4.70. The quantitative estimate of drug-likeness (QED) is 0.759. The molecule has 6 nitrogen and oxygen atoms in total. The first-order valence-corrected chi connectivity index (χ1v) is 11.7. The first-order chi connectivity index (χ1) is 12.2. The maximum absolute atomic E-state index is 12.6. The molecule has 146 valence electrons. The summed E-state index contributed by atoms with van der Waals surface area (Å²) in [6.45, 7) is 1.66. The fraction of sp³-hybridized carbons (Fsp3) is 0.611. The molecule has 0 aliphatic heterocycles. The van der Waals surface area contributed by atoms with E-state index < -0.39 is 26.1 Å². The van der Waals surface area contributed by atoms with Crippen LogP contribution in [-0.2, 0) is 31.4 Å². The Kier molecular flexibility index (Phi) is 7.37. The number of carbonyl (C=O) groups excluding carboxylic acids is 1. The maximum atomic E-state index is 12.6. The summed E-state index contributed by atoms with van der Waals surface area (Å²) >= 11 is 0. The second kappa shape index (κ2) is 9.10. The standard InChI is InChI=1S/C18H28N2O4S2/c1-14(18(21)19-16-9-5-4-6-10-16)25(22)13-15-8-7-11-17(12-15)26(23,24)20(2)3/h7-8,11-12,14,16H,4-6,9-10,13H2,1-3H3,(H,19,21). The Morgan fingerprint density at radius 1 is 1.27 bits per heavy atom. The van der Waals surface area contributed by atoms with E-state index in [9.17, 15) is 17.4 Å². The number of carbonyl (C=O) groups is 1. The van der Waals surface area contributed by atoms with Crippen LogP contribution in [0.1, 0.15) is 44.6 Å². The molecule has 0 spiro atoms. The van der Waals surface area contributed by atoms with E-state index in [1.165, 1.54) is 32.6 Å². The van der Waals surface area contributed by atoms with Gasteiger partial charge < -0.3 is 5.32 Å². The van der Waals surface area contributed by atoms with Gasteiger partial charge in [0.15, 0.2) is 0 Å². The van der Waals surface area contributed by atoms with Crippen molar-refractivity contribution in [2.45, 2.75) is 61.0 Å². The van der Waals surface area contributed by atoms with Crippen molar-refractivity contribution in [2.24, 2.45) is 0 Å². The summed E-state index contributed by atoms with van der Waals surface area (Å²) < 4.78 is 38.2. The summed E-state index contributed by atoms with van der Waals surface area (Å²) in [5.41, 5.74) is 0.642. The molecule has 1 aromatic rings. The molecule has 0 bridgehead atoms. The largest absolute Gasteiger partial charge is 0.352 e. The zero-order chi connectivity index (χ0) is 19.3. The Hall–Kier alpha value is -1.25. The predicted molar refractivity (Wildman–Crippen MR) is 104 cm³/mol. The lowest BCUT2D eigenvalue weighted by Crippen LogP contribution is -2.42. The third kappa shape index (κ3) is 5.37. The van der Waals surface area contributed by atoms with Gasteiger partial charge in [-0.3, -0.25) is 9.00 Å². The first kappa shape index (κ1) is 21.1. The SMILES string of the molecule is CC(C(=O)NC1CCCCC1)S(=O)Cc1cccc(S(=O)(=O)N(C)C)c1. The van der Waals surface area contributed by atoms with Crippen molar-refractivity contribution in [3.63, 3.8) is 0 Å². The van der Waals surface area contributed by atoms with Crippen LogP contribution in [-0.4, -0.2) is 48.2 Å². The number of nitrogens with one attached hydrogen (secondary N) is 1. The van der Waals surface area contributed by atoms with Gasteiger partial charge in [-0.1, -0.05) is 31.4 Å². The molecule has 2 rings (SSSR count). The predicted octanol–water partition coefficient (Wildman–Crippen LogP) is 2.02. The summed E-state index contributed by atoms with van der Waals surface area (Å²) in [4.78, 5) is 12.5. The number of hydrogen-bond donors (Lipinski definition) is 1. The van der Waals surface area contributed by atoms with Gasteiger partial charge >= 0.3 is 0 Å². The Bertz CT molecular complexity index is 756. The molecule has 1 amide bonds. The van der Waals surface area contributed by atoms with Crippen LogP contribution < -0.4 is 5.32 Å². The van der Waals surface area contributed by atoms with Crippen LogP contribution in [0.5, 0.6) is 0 Å². The third-order valence-corrected chi connectivity index (χ3v) is 8.13. The number of rotatable bonds is 7. The van der Waals surface area contributed by atoms with Gasteiger partial charge in [-0.05, 0) is 37.5 Å². The summed E-state index contributed by atoms with van der Waals surface area (Å²) in [6, 6.07) is 6.60. The van der Waals surface area contributed by atoms with E-state index in [2.05, 4.69) is 5.32 Å². The van der Waals surface area contributed by atoms with E-state index in [-0.39, 0.29) is 22.6 Å². The number of benzene rings is 1. The van der Waals surface area contributed by atoms with Crippen LogP contribution in [0.2, 0.25) is 0 Å². The second-order valence-corrected chi connectivity index (χ2v) is 10.9. The van der Waals surface area contributed by atoms with E-state index in [0.717, 1.165) is 30.0 Å². The van der Waals surface area contributed by atoms with Gasteiger partial charge in [0.05, 0.1) is 4.90 Å². The Morgan fingerprint density at radius 3 is 2.54 bits per heavy atom. The monoisotopic (exact) mass is 400 g/mol. The average molecular weight is 401 g/mol. The molecule has 1 aliphatic rings. The van der Waals surface area contributed by atoms with Crippen LogP contribution in [0.4, 0.5) is 0 Å². The Morgan fingerprint density at radius 2 is 1.92 bits per heavy atom. The van der Waals surface area contributed by atoms with E-state index in [1.807, 2.05) is 0 Å². The molecule has 8 heteroatoms. The number of amides is 1. The molecule has 0 heterocycles. The van der Waals surface area contributed by atoms with Crippen LogP contribution >= 0.6 is 0 Å². The molecule has 0 aromatic heterocycles. The minimum Gasteiger partial charge on any atom is -0.352 e. The van der Waals surface area contributed by atoms with Crippen molar-refractivity contribution < 1.29 is 17.4 Å². The molecule has 1 N–H and O–H groups in total. The highest BCUT2D eigenvalue weighted by Gasteiger charge is 2.24. The van der Waals surface area contributed by atoms with Crippen molar-refractivity contribution >= 4 is 26.7 Å². The van der Waals surface area contributed by atoms with Gasteiger partial charge in [0, 0.05) is 36.7 Å². The van der Waals surface area contributed by atoms with Crippen molar-refractivity contribution in [2.75, 3.05) is 14.1 Å². The highest BCUT2D eigenvalue weighted by Crippen LogP contribution is 2.19. The smallest absolute Gasteiger partial charge is 0.242 e. The van der Waals surface area contributed by atoms with Crippen LogP contribution in [0.15, 0.2) is 29.2 Å². The molecular weight excluding hydrogens is 372 g/mol. The lowest BCUT2D eigenvalue weighted by molar-refractivity contribution is -0.121. The van der Waals surface area contributed by atoms with Crippen LogP contribution in [0.25, 0.3) is 0 Å². The first-order valence-electron chi connectivity index (χ1n) is 8.91. The summed E-state index contributed by atoms with van der Waals surface area (Å²) in [5, 5.41) is 2.37. The second-order valence-electron chi connectivity index (χ2n) is 6.95. The minimum atomic E-state index is -3.54. The molecule has 0 radical (unpaired) electrons. The van der Waals surface area contributed by atoms with Gasteiger partial charge in [-0.2, -0.15) is 0 Å². The lowest BCUT2D eigenvalue weighted by Gasteiger charge is -2.24. The van der Waals surface area contributed by atoms with E-state index >= 15 is 0 Å². The molecule has 2 atom stereocenters. The van der Waals surface area contributed by atoms with Gasteiger partial charge in [-0.25, -0.2) is 12.7 Å². The topological polar surface area (TPSA) is 83.5 Å². The van der Waals surface area contributed by atoms with Crippen molar-refractivity contribution in [1.82, 2.24) is 9.62 Å². The fourth-order valence-corrected chi connectivity index (χ4v) is 5.02. The zero-order valence-corrected chi connectivity index (χ0v) is 17.2. The highest BCUT2D eigenvalue weighted by molar-refractivity contribution is 7.89. The van der Waals surface area contributed by atoms with Gasteiger partial charge in [0.25, 0.3) is 0 Å². The van der Waals surface area contributed by atoms with Gasteiger partial charge in [-0.15, -0.1) is 0 Å². The molecule has 1 fully saturated rings. The van der Waals surface area contributed by atoms with Gasteiger partial charge in [0.1, 0.15) is 5.25 Å². The summed E-state index contributed by atoms with van der Waals surface area (Å²) in [5.74, 6) is -0.0388. The molecule has 1 aromatic carbocycles. The van der Waals surface area contributed by atoms with Crippen molar-refractivity contribution in [3.8, 4) is 0 Å². The minimum absolute atomic E-state index is 0.149. The molecule has 0 saturated heterocycles. The van der Waals surface area contributed by atoms with E-state index in [1.54, 1.807) is 19.1 Å².